The number of amides is 1. The Hall–Kier alpha value is -3.16. The van der Waals surface area contributed by atoms with Gasteiger partial charge in [0.2, 0.25) is 5.95 Å². The fourth-order valence-corrected chi connectivity index (χ4v) is 2.41. The number of carbonyl (C=O) groups is 1. The number of aromatic nitrogens is 4. The molecule has 3 aromatic rings. The van der Waals surface area contributed by atoms with Crippen molar-refractivity contribution >= 4 is 22.8 Å². The van der Waals surface area contributed by atoms with Crippen molar-refractivity contribution < 1.29 is 4.79 Å². The predicted octanol–water partition coefficient (Wildman–Crippen LogP) is 0.730. The van der Waals surface area contributed by atoms with Crippen LogP contribution >= 0.6 is 0 Å². The second-order valence-corrected chi connectivity index (χ2v) is 5.25. The molecule has 1 amide bonds. The first-order chi connectivity index (χ1) is 11.0. The number of benzene rings is 1. The van der Waals surface area contributed by atoms with Gasteiger partial charge in [-0.1, -0.05) is 18.2 Å². The number of hydrogen-bond acceptors (Lipinski definition) is 5. The van der Waals surface area contributed by atoms with Crippen molar-refractivity contribution in [1.29, 1.82) is 0 Å². The van der Waals surface area contributed by atoms with Gasteiger partial charge >= 0.3 is 0 Å². The second-order valence-electron chi connectivity index (χ2n) is 5.25. The summed E-state index contributed by atoms with van der Waals surface area (Å²) in [4.78, 5) is 28.8. The van der Waals surface area contributed by atoms with Crippen LogP contribution in [-0.4, -0.2) is 25.7 Å². The van der Waals surface area contributed by atoms with E-state index in [2.05, 4.69) is 20.5 Å². The summed E-state index contributed by atoms with van der Waals surface area (Å²) in [7, 11) is 1.64. The standard InChI is InChI=1S/C15H16N6O2/c1-8(12-18-15(16)20-19-12)17-13(22)10-7-9-5-3-4-6-11(9)21(2)14(10)23/h3-8H,1-2H3,(H,17,22)(H3,16,18,19,20)/t8-/m1/s1. The molecule has 118 valence electrons. The summed E-state index contributed by atoms with van der Waals surface area (Å²) in [5.41, 5.74) is 5.93. The van der Waals surface area contributed by atoms with Crippen LogP contribution in [0.2, 0.25) is 0 Å². The molecule has 0 spiro atoms. The fourth-order valence-electron chi connectivity index (χ4n) is 2.41. The molecule has 0 unspecified atom stereocenters. The first-order valence-corrected chi connectivity index (χ1v) is 7.05. The Labute approximate surface area is 131 Å². The minimum Gasteiger partial charge on any atom is -0.367 e. The van der Waals surface area contributed by atoms with Crippen LogP contribution < -0.4 is 16.6 Å². The minimum atomic E-state index is -0.473. The maximum absolute atomic E-state index is 12.4. The first kappa shape index (κ1) is 14.8. The highest BCUT2D eigenvalue weighted by Crippen LogP contribution is 2.13. The van der Waals surface area contributed by atoms with Gasteiger partial charge in [0.1, 0.15) is 11.4 Å². The van der Waals surface area contributed by atoms with E-state index in [4.69, 9.17) is 5.73 Å². The van der Waals surface area contributed by atoms with Crippen molar-refractivity contribution in [3.8, 4) is 0 Å². The van der Waals surface area contributed by atoms with Crippen molar-refractivity contribution in [3.05, 3.63) is 52.1 Å². The number of para-hydroxylation sites is 1. The van der Waals surface area contributed by atoms with E-state index in [1.807, 2.05) is 24.3 Å². The topological polar surface area (TPSA) is 119 Å². The van der Waals surface area contributed by atoms with E-state index in [-0.39, 0.29) is 17.1 Å². The van der Waals surface area contributed by atoms with Gasteiger partial charge in [-0.15, -0.1) is 5.10 Å². The lowest BCUT2D eigenvalue weighted by Gasteiger charge is -2.12. The van der Waals surface area contributed by atoms with Crippen LogP contribution in [-0.2, 0) is 7.05 Å². The molecule has 4 N–H and O–H groups in total. The molecular weight excluding hydrogens is 296 g/mol. The summed E-state index contributed by atoms with van der Waals surface area (Å²) in [6.45, 7) is 1.73. The van der Waals surface area contributed by atoms with E-state index in [0.29, 0.717) is 5.82 Å². The van der Waals surface area contributed by atoms with Crippen LogP contribution in [0.3, 0.4) is 0 Å². The van der Waals surface area contributed by atoms with Gasteiger partial charge in [-0.25, -0.2) is 0 Å². The van der Waals surface area contributed by atoms with E-state index in [0.717, 1.165) is 10.9 Å². The van der Waals surface area contributed by atoms with Crippen LogP contribution in [0.1, 0.15) is 29.1 Å². The zero-order valence-electron chi connectivity index (χ0n) is 12.7. The number of fused-ring (bicyclic) bond motifs is 1. The lowest BCUT2D eigenvalue weighted by molar-refractivity contribution is 0.0936. The summed E-state index contributed by atoms with van der Waals surface area (Å²) in [5, 5.41) is 9.88. The van der Waals surface area contributed by atoms with Crippen molar-refractivity contribution in [2.75, 3.05) is 5.73 Å². The van der Waals surface area contributed by atoms with Crippen LogP contribution in [0, 0.1) is 0 Å². The van der Waals surface area contributed by atoms with Crippen molar-refractivity contribution in [1.82, 2.24) is 25.1 Å². The number of carbonyl (C=O) groups excluding carboxylic acids is 1. The molecule has 8 nitrogen and oxygen atoms in total. The molecule has 0 radical (unpaired) electrons. The molecule has 8 heteroatoms. The molecule has 0 aliphatic heterocycles. The number of nitrogens with two attached hydrogens (primary N) is 1. The highest BCUT2D eigenvalue weighted by molar-refractivity contribution is 5.97. The van der Waals surface area contributed by atoms with Gasteiger partial charge in [-0.05, 0) is 24.4 Å². The lowest BCUT2D eigenvalue weighted by atomic mass is 10.1. The normalized spacial score (nSPS) is 12.3. The second kappa shape index (κ2) is 5.56. The third-order valence-corrected chi connectivity index (χ3v) is 3.66. The number of aryl methyl sites for hydroxylation is 1. The zero-order valence-corrected chi connectivity index (χ0v) is 12.7. The van der Waals surface area contributed by atoms with Gasteiger partial charge in [-0.3, -0.25) is 14.7 Å². The average Bonchev–Trinajstić information content (AvgIpc) is 2.97. The molecule has 1 aromatic carbocycles. The highest BCUT2D eigenvalue weighted by Gasteiger charge is 2.18. The Kier molecular flexibility index (Phi) is 3.57. The third kappa shape index (κ3) is 2.66. The van der Waals surface area contributed by atoms with Crippen molar-refractivity contribution in [2.45, 2.75) is 13.0 Å². The number of hydrogen-bond donors (Lipinski definition) is 3. The molecule has 23 heavy (non-hydrogen) atoms. The van der Waals surface area contributed by atoms with Gasteiger partial charge in [0.15, 0.2) is 0 Å². The molecule has 0 bridgehead atoms. The molecule has 1 atom stereocenters. The Balaban J connectivity index is 1.95. The van der Waals surface area contributed by atoms with Crippen LogP contribution in [0.4, 0.5) is 5.95 Å². The summed E-state index contributed by atoms with van der Waals surface area (Å²) < 4.78 is 1.46. The number of nitrogen functional groups attached to an aromatic ring is 1. The average molecular weight is 312 g/mol. The minimum absolute atomic E-state index is 0.0746. The number of rotatable bonds is 3. The molecular formula is C15H16N6O2. The van der Waals surface area contributed by atoms with E-state index in [1.54, 1.807) is 20.0 Å². The number of nitrogens with zero attached hydrogens (tertiary/aromatic N) is 3. The number of pyridine rings is 1. The summed E-state index contributed by atoms with van der Waals surface area (Å²) in [5.74, 6) is 0.0509. The maximum Gasteiger partial charge on any atom is 0.263 e. The van der Waals surface area contributed by atoms with Crippen LogP contribution in [0.25, 0.3) is 10.9 Å². The van der Waals surface area contributed by atoms with Gasteiger partial charge in [0, 0.05) is 7.05 Å². The smallest absolute Gasteiger partial charge is 0.263 e. The van der Waals surface area contributed by atoms with Gasteiger partial charge in [-0.2, -0.15) is 4.98 Å². The molecule has 3 rings (SSSR count). The largest absolute Gasteiger partial charge is 0.367 e. The van der Waals surface area contributed by atoms with Gasteiger partial charge < -0.3 is 15.6 Å². The molecule has 0 aliphatic rings. The first-order valence-electron chi connectivity index (χ1n) is 7.05. The van der Waals surface area contributed by atoms with Crippen molar-refractivity contribution in [2.24, 2.45) is 7.05 Å². The molecule has 0 saturated heterocycles. The Morgan fingerprint density at radius 3 is 2.83 bits per heavy atom. The SMILES string of the molecule is C[C@@H](NC(=O)c1cc2ccccc2n(C)c1=O)c1nc(N)n[nH]1. The maximum atomic E-state index is 12.4. The number of nitrogens with one attached hydrogen (secondary N) is 2. The quantitative estimate of drug-likeness (QED) is 0.659. The van der Waals surface area contributed by atoms with E-state index < -0.39 is 11.9 Å². The van der Waals surface area contributed by atoms with Gasteiger partial charge in [0.05, 0.1) is 11.6 Å². The van der Waals surface area contributed by atoms with E-state index in [9.17, 15) is 9.59 Å². The third-order valence-electron chi connectivity index (χ3n) is 3.66. The summed E-state index contributed by atoms with van der Waals surface area (Å²) in [6.07, 6.45) is 0. The van der Waals surface area contributed by atoms with Crippen LogP contribution in [0.5, 0.6) is 0 Å². The number of H-pyrrole nitrogens is 1. The molecule has 0 aliphatic carbocycles. The predicted molar refractivity (Wildman–Crippen MR) is 85.9 cm³/mol. The van der Waals surface area contributed by atoms with Crippen molar-refractivity contribution in [3.63, 3.8) is 0 Å². The molecule has 2 heterocycles. The Bertz CT molecular complexity index is 943. The lowest BCUT2D eigenvalue weighted by Crippen LogP contribution is -2.34. The number of anilines is 1. The molecule has 2 aromatic heterocycles. The van der Waals surface area contributed by atoms with Gasteiger partial charge in [0.25, 0.3) is 11.5 Å². The van der Waals surface area contributed by atoms with E-state index >= 15 is 0 Å². The van der Waals surface area contributed by atoms with E-state index in [1.165, 1.54) is 4.57 Å². The van der Waals surface area contributed by atoms with Crippen LogP contribution in [0.15, 0.2) is 35.1 Å². The fraction of sp³-hybridized carbons (Fsp3) is 0.200. The Morgan fingerprint density at radius 2 is 2.13 bits per heavy atom. The summed E-state index contributed by atoms with van der Waals surface area (Å²) >= 11 is 0. The zero-order chi connectivity index (χ0) is 16.6. The highest BCUT2D eigenvalue weighted by atomic mass is 16.2. The Morgan fingerprint density at radius 1 is 1.39 bits per heavy atom. The summed E-state index contributed by atoms with van der Waals surface area (Å²) in [6, 6.07) is 8.52. The molecule has 0 fully saturated rings. The number of aromatic amines is 1. The monoisotopic (exact) mass is 312 g/mol. The molecule has 0 saturated carbocycles.